The van der Waals surface area contributed by atoms with Gasteiger partial charge in [0.1, 0.15) is 5.75 Å². The van der Waals surface area contributed by atoms with Crippen LogP contribution in [0.5, 0.6) is 5.75 Å². The molecule has 0 saturated heterocycles. The van der Waals surface area contributed by atoms with Gasteiger partial charge in [-0.3, -0.25) is 0 Å². The highest BCUT2D eigenvalue weighted by Crippen LogP contribution is 2.21. The molecule has 0 heterocycles. The largest absolute Gasteiger partial charge is 0.423 e. The third kappa shape index (κ3) is 3.35. The molecule has 3 aromatic rings. The quantitative estimate of drug-likeness (QED) is 0.382. The predicted molar refractivity (Wildman–Crippen MR) is 90.1 cm³/mol. The third-order valence-electron chi connectivity index (χ3n) is 3.24. The number of fused-ring (bicyclic) bond motifs is 1. The average molecular weight is 309 g/mol. The van der Waals surface area contributed by atoms with Gasteiger partial charge in [0.15, 0.2) is 0 Å². The second kappa shape index (κ2) is 6.46. The minimum Gasteiger partial charge on any atom is -0.423 e. The number of carbonyl (C=O) groups excluding carboxylic acids is 1. The van der Waals surface area contributed by atoms with E-state index in [1.54, 1.807) is 18.2 Å². The van der Waals surface area contributed by atoms with Gasteiger partial charge in [0.25, 0.3) is 0 Å². The molecule has 3 heteroatoms. The molecule has 0 N–H and O–H groups in total. The highest BCUT2D eigenvalue weighted by atomic mass is 35.5. The molecule has 0 saturated carbocycles. The zero-order chi connectivity index (χ0) is 15.4. The Hall–Kier alpha value is -2.58. The Bertz CT molecular complexity index is 853. The van der Waals surface area contributed by atoms with Crippen molar-refractivity contribution in [3.05, 3.63) is 83.4 Å². The fraction of sp³-hybridized carbons (Fsp3) is 0. The van der Waals surface area contributed by atoms with Crippen molar-refractivity contribution in [3.8, 4) is 5.75 Å². The molecule has 22 heavy (non-hydrogen) atoms. The molecule has 0 aromatic heterocycles. The van der Waals surface area contributed by atoms with Crippen LogP contribution in [0, 0.1) is 0 Å². The van der Waals surface area contributed by atoms with Crippen molar-refractivity contribution in [3.63, 3.8) is 0 Å². The standard InChI is InChI=1S/C19H13ClO2/c20-18-8-4-3-6-15(18)10-12-19(21)22-17-11-9-14-5-1-2-7-16(14)13-17/h1-13H/b12-10+. The molecule has 0 radical (unpaired) electrons. The predicted octanol–water partition coefficient (Wildman–Crippen LogP) is 5.11. The number of ether oxygens (including phenoxy) is 1. The summed E-state index contributed by atoms with van der Waals surface area (Å²) in [6.07, 6.45) is 3.02. The summed E-state index contributed by atoms with van der Waals surface area (Å²) < 4.78 is 5.32. The lowest BCUT2D eigenvalue weighted by Crippen LogP contribution is -2.03. The fourth-order valence-electron chi connectivity index (χ4n) is 2.15. The van der Waals surface area contributed by atoms with Crippen LogP contribution in [0.25, 0.3) is 16.8 Å². The van der Waals surface area contributed by atoms with Crippen molar-refractivity contribution in [2.24, 2.45) is 0 Å². The van der Waals surface area contributed by atoms with Gasteiger partial charge in [0, 0.05) is 11.1 Å². The van der Waals surface area contributed by atoms with E-state index in [1.165, 1.54) is 6.08 Å². The van der Waals surface area contributed by atoms with Crippen molar-refractivity contribution in [2.75, 3.05) is 0 Å². The molecule has 0 atom stereocenters. The van der Waals surface area contributed by atoms with Crippen molar-refractivity contribution in [1.82, 2.24) is 0 Å². The lowest BCUT2D eigenvalue weighted by Gasteiger charge is -2.03. The second-order valence-electron chi connectivity index (χ2n) is 4.78. The Balaban J connectivity index is 1.74. The molecule has 3 rings (SSSR count). The highest BCUT2D eigenvalue weighted by molar-refractivity contribution is 6.32. The van der Waals surface area contributed by atoms with Crippen LogP contribution >= 0.6 is 11.6 Å². The number of esters is 1. The molecule has 0 aliphatic carbocycles. The summed E-state index contributed by atoms with van der Waals surface area (Å²) in [5, 5.41) is 2.73. The summed E-state index contributed by atoms with van der Waals surface area (Å²) in [7, 11) is 0. The molecule has 0 aliphatic heterocycles. The van der Waals surface area contributed by atoms with Gasteiger partial charge < -0.3 is 4.74 Å². The van der Waals surface area contributed by atoms with Gasteiger partial charge in [-0.25, -0.2) is 4.79 Å². The first kappa shape index (κ1) is 14.4. The Kier molecular flexibility index (Phi) is 4.22. The van der Waals surface area contributed by atoms with Crippen LogP contribution in [0.3, 0.4) is 0 Å². The van der Waals surface area contributed by atoms with Gasteiger partial charge in [-0.2, -0.15) is 0 Å². The first-order chi connectivity index (χ1) is 10.7. The van der Waals surface area contributed by atoms with Gasteiger partial charge in [-0.15, -0.1) is 0 Å². The zero-order valence-electron chi connectivity index (χ0n) is 11.7. The number of benzene rings is 3. The first-order valence-corrected chi connectivity index (χ1v) is 7.23. The van der Waals surface area contributed by atoms with Crippen molar-refractivity contribution in [1.29, 1.82) is 0 Å². The number of hydrogen-bond donors (Lipinski definition) is 0. The summed E-state index contributed by atoms with van der Waals surface area (Å²) in [5.74, 6) is 0.0858. The van der Waals surface area contributed by atoms with Gasteiger partial charge >= 0.3 is 5.97 Å². The maximum Gasteiger partial charge on any atom is 0.336 e. The molecule has 0 spiro atoms. The fourth-order valence-corrected chi connectivity index (χ4v) is 2.35. The van der Waals surface area contributed by atoms with Crippen molar-refractivity contribution < 1.29 is 9.53 Å². The van der Waals surface area contributed by atoms with Gasteiger partial charge in [-0.1, -0.05) is 60.1 Å². The average Bonchev–Trinajstić information content (AvgIpc) is 2.54. The van der Waals surface area contributed by atoms with E-state index in [0.29, 0.717) is 10.8 Å². The Labute approximate surface area is 133 Å². The van der Waals surface area contributed by atoms with E-state index in [9.17, 15) is 4.79 Å². The van der Waals surface area contributed by atoms with Crippen LogP contribution in [-0.4, -0.2) is 5.97 Å². The van der Waals surface area contributed by atoms with Crippen LogP contribution in [0.4, 0.5) is 0 Å². The van der Waals surface area contributed by atoms with Gasteiger partial charge in [-0.05, 0) is 40.6 Å². The molecule has 108 valence electrons. The monoisotopic (exact) mass is 308 g/mol. The molecule has 0 unspecified atom stereocenters. The summed E-state index contributed by atoms with van der Waals surface area (Å²) in [6, 6.07) is 20.8. The molecule has 2 nitrogen and oxygen atoms in total. The molecule has 0 fully saturated rings. The molecular formula is C19H13ClO2. The van der Waals surface area contributed by atoms with Crippen LogP contribution in [0.2, 0.25) is 5.02 Å². The summed E-state index contributed by atoms with van der Waals surface area (Å²) in [4.78, 5) is 11.9. The maximum atomic E-state index is 11.9. The van der Waals surface area contributed by atoms with E-state index < -0.39 is 5.97 Å². The van der Waals surface area contributed by atoms with Crippen LogP contribution in [0.1, 0.15) is 5.56 Å². The molecule has 0 aliphatic rings. The Morgan fingerprint density at radius 3 is 2.45 bits per heavy atom. The maximum absolute atomic E-state index is 11.9. The van der Waals surface area contributed by atoms with E-state index >= 15 is 0 Å². The van der Waals surface area contributed by atoms with E-state index in [-0.39, 0.29) is 0 Å². The SMILES string of the molecule is O=C(/C=C/c1ccccc1Cl)Oc1ccc2ccccc2c1. The molecule has 0 bridgehead atoms. The van der Waals surface area contributed by atoms with Crippen LogP contribution in [-0.2, 0) is 4.79 Å². The number of hydrogen-bond acceptors (Lipinski definition) is 2. The summed E-state index contributed by atoms with van der Waals surface area (Å²) in [5.41, 5.74) is 0.777. The lowest BCUT2D eigenvalue weighted by atomic mass is 10.1. The van der Waals surface area contributed by atoms with Crippen molar-refractivity contribution in [2.45, 2.75) is 0 Å². The lowest BCUT2D eigenvalue weighted by molar-refractivity contribution is -0.128. The van der Waals surface area contributed by atoms with Crippen LogP contribution < -0.4 is 4.74 Å². The molecule has 0 amide bonds. The zero-order valence-corrected chi connectivity index (χ0v) is 12.5. The second-order valence-corrected chi connectivity index (χ2v) is 5.19. The minimum atomic E-state index is -0.435. The van der Waals surface area contributed by atoms with Crippen molar-refractivity contribution >= 4 is 34.4 Å². The topological polar surface area (TPSA) is 26.3 Å². The number of halogens is 1. The Morgan fingerprint density at radius 1 is 0.909 bits per heavy atom. The van der Waals surface area contributed by atoms with Gasteiger partial charge in [0.05, 0.1) is 0 Å². The third-order valence-corrected chi connectivity index (χ3v) is 3.59. The number of rotatable bonds is 3. The van der Waals surface area contributed by atoms with E-state index in [0.717, 1.165) is 16.3 Å². The van der Waals surface area contributed by atoms with Gasteiger partial charge in [0.2, 0.25) is 0 Å². The molecule has 3 aromatic carbocycles. The first-order valence-electron chi connectivity index (χ1n) is 6.85. The van der Waals surface area contributed by atoms with E-state index in [2.05, 4.69) is 0 Å². The van der Waals surface area contributed by atoms with Crippen LogP contribution in [0.15, 0.2) is 72.8 Å². The molecular weight excluding hydrogens is 296 g/mol. The summed E-state index contributed by atoms with van der Waals surface area (Å²) in [6.45, 7) is 0. The van der Waals surface area contributed by atoms with E-state index in [4.69, 9.17) is 16.3 Å². The summed E-state index contributed by atoms with van der Waals surface area (Å²) >= 11 is 6.03. The number of carbonyl (C=O) groups is 1. The van der Waals surface area contributed by atoms with E-state index in [1.807, 2.05) is 54.6 Å². The Morgan fingerprint density at radius 2 is 1.64 bits per heavy atom. The normalized spacial score (nSPS) is 11.0. The smallest absolute Gasteiger partial charge is 0.336 e. The minimum absolute atomic E-state index is 0.435. The highest BCUT2D eigenvalue weighted by Gasteiger charge is 2.02.